The molecule has 228 valence electrons. The monoisotopic (exact) mass is 652 g/mol. The minimum Gasteiger partial charge on any atom is -0.278 e. The van der Waals surface area contributed by atoms with Crippen molar-refractivity contribution >= 4 is 45.3 Å². The van der Waals surface area contributed by atoms with Crippen LogP contribution in [0.15, 0.2) is 153 Å². The van der Waals surface area contributed by atoms with Gasteiger partial charge in [-0.05, 0) is 52.6 Å². The van der Waals surface area contributed by atoms with Gasteiger partial charge in [-0.2, -0.15) is 9.97 Å². The van der Waals surface area contributed by atoms with Crippen LogP contribution in [-0.4, -0.2) is 19.5 Å². The van der Waals surface area contributed by atoms with Crippen LogP contribution in [0.5, 0.6) is 0 Å². The molecule has 10 rings (SSSR count). The normalized spacial score (nSPS) is 14.0. The summed E-state index contributed by atoms with van der Waals surface area (Å²) in [5, 5.41) is 2.48. The van der Waals surface area contributed by atoms with E-state index >= 15 is 0 Å². The van der Waals surface area contributed by atoms with Gasteiger partial charge >= 0.3 is 0 Å². The van der Waals surface area contributed by atoms with Crippen molar-refractivity contribution in [2.24, 2.45) is 0 Å². The Labute approximate surface area is 286 Å². The second kappa shape index (κ2) is 10.4. The van der Waals surface area contributed by atoms with E-state index in [1.165, 1.54) is 52.6 Å². The number of nitrogens with zero attached hydrogens (tertiary/aromatic N) is 4. The van der Waals surface area contributed by atoms with Crippen LogP contribution in [0.4, 0.5) is 0 Å². The molecule has 0 amide bonds. The molecule has 0 radical (unpaired) electrons. The molecule has 6 aromatic carbocycles. The fourth-order valence-corrected chi connectivity index (χ4v) is 9.78. The number of hydrogen-bond acceptors (Lipinski definition) is 5. The molecule has 2 aromatic heterocycles. The van der Waals surface area contributed by atoms with Crippen molar-refractivity contribution in [3.63, 3.8) is 0 Å². The Morgan fingerprint density at radius 3 is 1.77 bits per heavy atom. The van der Waals surface area contributed by atoms with Gasteiger partial charge in [-0.3, -0.25) is 4.57 Å². The molecule has 0 N–H and O–H groups in total. The number of benzene rings is 6. The van der Waals surface area contributed by atoms with E-state index in [4.69, 9.17) is 15.0 Å². The summed E-state index contributed by atoms with van der Waals surface area (Å²) in [6.07, 6.45) is 0. The van der Waals surface area contributed by atoms with Gasteiger partial charge in [0, 0.05) is 46.9 Å². The molecule has 3 heterocycles. The van der Waals surface area contributed by atoms with Crippen LogP contribution in [0.1, 0.15) is 25.0 Å². The Bertz CT molecular complexity index is 2530. The first-order chi connectivity index (χ1) is 23.5. The lowest BCUT2D eigenvalue weighted by atomic mass is 9.80. The van der Waals surface area contributed by atoms with Crippen molar-refractivity contribution in [2.45, 2.75) is 38.8 Å². The standard InChI is InChI=1S/C42H28N4S2/c1-42(2)30-18-10-9-17-27(30)28-21-22-31-37(38(28)42)29-23-35-36(48-34-20-12-11-19-33(34)47-35)24-32(29)46(31)41-44-39(25-13-5-3-6-14-25)43-40(45-41)26-15-7-4-8-16-26/h3-24H,1-2H3. The third kappa shape index (κ3) is 4.09. The van der Waals surface area contributed by atoms with Crippen molar-refractivity contribution in [3.8, 4) is 39.9 Å². The molecule has 1 aliphatic heterocycles. The number of fused-ring (bicyclic) bond motifs is 9. The lowest BCUT2D eigenvalue weighted by Gasteiger charge is -2.23. The van der Waals surface area contributed by atoms with E-state index in [9.17, 15) is 0 Å². The molecule has 0 bridgehead atoms. The first-order valence-electron chi connectivity index (χ1n) is 16.1. The van der Waals surface area contributed by atoms with Gasteiger partial charge in [-0.1, -0.05) is 140 Å². The maximum Gasteiger partial charge on any atom is 0.238 e. The average molecular weight is 653 g/mol. The maximum absolute atomic E-state index is 5.22. The molecule has 0 fully saturated rings. The number of aromatic nitrogens is 4. The molecule has 1 aliphatic carbocycles. The van der Waals surface area contributed by atoms with Gasteiger partial charge < -0.3 is 0 Å². The summed E-state index contributed by atoms with van der Waals surface area (Å²) in [7, 11) is 0. The van der Waals surface area contributed by atoms with E-state index < -0.39 is 0 Å². The first-order valence-corrected chi connectivity index (χ1v) is 17.8. The Morgan fingerprint density at radius 2 is 1.10 bits per heavy atom. The predicted molar refractivity (Wildman–Crippen MR) is 197 cm³/mol. The van der Waals surface area contributed by atoms with Gasteiger partial charge in [0.2, 0.25) is 5.95 Å². The Hall–Kier alpha value is -5.17. The van der Waals surface area contributed by atoms with E-state index in [1.807, 2.05) is 59.9 Å². The lowest BCUT2D eigenvalue weighted by molar-refractivity contribution is 0.666. The summed E-state index contributed by atoms with van der Waals surface area (Å²) in [6.45, 7) is 4.73. The van der Waals surface area contributed by atoms with Crippen molar-refractivity contribution in [1.82, 2.24) is 19.5 Å². The molecule has 0 saturated heterocycles. The highest BCUT2D eigenvalue weighted by Crippen LogP contribution is 2.55. The van der Waals surface area contributed by atoms with Crippen LogP contribution < -0.4 is 0 Å². The highest BCUT2D eigenvalue weighted by Gasteiger charge is 2.38. The summed E-state index contributed by atoms with van der Waals surface area (Å²) < 4.78 is 2.27. The zero-order chi connectivity index (χ0) is 32.0. The van der Waals surface area contributed by atoms with Crippen LogP contribution >= 0.6 is 23.5 Å². The van der Waals surface area contributed by atoms with Crippen LogP contribution in [0, 0.1) is 0 Å². The molecule has 0 unspecified atom stereocenters. The molecular weight excluding hydrogens is 625 g/mol. The Kier molecular flexibility index (Phi) is 6.05. The molecule has 6 heteroatoms. The van der Waals surface area contributed by atoms with E-state index in [1.54, 1.807) is 0 Å². The Balaban J connectivity index is 1.32. The average Bonchev–Trinajstić information content (AvgIpc) is 3.57. The second-order valence-electron chi connectivity index (χ2n) is 12.9. The van der Waals surface area contributed by atoms with Crippen molar-refractivity contribution < 1.29 is 0 Å². The zero-order valence-electron chi connectivity index (χ0n) is 26.3. The zero-order valence-corrected chi connectivity index (χ0v) is 27.9. The van der Waals surface area contributed by atoms with E-state index in [2.05, 4.69) is 115 Å². The van der Waals surface area contributed by atoms with E-state index in [0.717, 1.165) is 22.2 Å². The van der Waals surface area contributed by atoms with Crippen molar-refractivity contribution in [1.29, 1.82) is 0 Å². The van der Waals surface area contributed by atoms with Gasteiger partial charge in [0.1, 0.15) is 0 Å². The van der Waals surface area contributed by atoms with Gasteiger partial charge in [0.15, 0.2) is 11.6 Å². The van der Waals surface area contributed by atoms with Crippen molar-refractivity contribution in [2.75, 3.05) is 0 Å². The predicted octanol–water partition coefficient (Wildman–Crippen LogP) is 11.2. The summed E-state index contributed by atoms with van der Waals surface area (Å²) in [6, 6.07) is 47.3. The maximum atomic E-state index is 5.22. The quantitative estimate of drug-likeness (QED) is 0.190. The van der Waals surface area contributed by atoms with Gasteiger partial charge in [0.25, 0.3) is 0 Å². The molecule has 2 aliphatic rings. The topological polar surface area (TPSA) is 43.6 Å². The highest BCUT2D eigenvalue weighted by atomic mass is 32.2. The van der Waals surface area contributed by atoms with E-state index in [-0.39, 0.29) is 5.41 Å². The van der Waals surface area contributed by atoms with Gasteiger partial charge in [-0.15, -0.1) is 0 Å². The number of hydrogen-bond donors (Lipinski definition) is 0. The molecule has 8 aromatic rings. The van der Waals surface area contributed by atoms with Crippen LogP contribution in [-0.2, 0) is 5.41 Å². The Morgan fingerprint density at radius 1 is 0.521 bits per heavy atom. The van der Waals surface area contributed by atoms with Gasteiger partial charge in [0.05, 0.1) is 11.0 Å². The summed E-state index contributed by atoms with van der Waals surface area (Å²) in [4.78, 5) is 20.5. The second-order valence-corrected chi connectivity index (χ2v) is 15.0. The smallest absolute Gasteiger partial charge is 0.238 e. The lowest BCUT2D eigenvalue weighted by Crippen LogP contribution is -2.15. The largest absolute Gasteiger partial charge is 0.278 e. The summed E-state index contributed by atoms with van der Waals surface area (Å²) in [5.74, 6) is 1.92. The SMILES string of the molecule is CC1(C)c2ccccc2-c2ccc3c(c21)c1cc2c(cc1n3-c1nc(-c3ccccc3)nc(-c3ccccc3)n1)Sc1ccccc1S2. The van der Waals surface area contributed by atoms with E-state index in [0.29, 0.717) is 17.6 Å². The fourth-order valence-electron chi connectivity index (χ4n) is 7.51. The number of rotatable bonds is 3. The molecule has 0 atom stereocenters. The molecule has 0 saturated carbocycles. The molecule has 48 heavy (non-hydrogen) atoms. The van der Waals surface area contributed by atoms with Gasteiger partial charge in [-0.25, -0.2) is 4.98 Å². The molecule has 0 spiro atoms. The van der Waals surface area contributed by atoms with Crippen LogP contribution in [0.2, 0.25) is 0 Å². The van der Waals surface area contributed by atoms with Crippen molar-refractivity contribution in [3.05, 3.63) is 145 Å². The third-order valence-electron chi connectivity index (χ3n) is 9.69. The minimum absolute atomic E-state index is 0.182. The fraction of sp³-hybridized carbons (Fsp3) is 0.0714. The molecule has 4 nitrogen and oxygen atoms in total. The minimum atomic E-state index is -0.182. The molecular formula is C42H28N4S2. The summed E-state index contributed by atoms with van der Waals surface area (Å²) in [5.41, 5.74) is 9.27. The third-order valence-corrected chi connectivity index (χ3v) is 12.2. The van der Waals surface area contributed by atoms with Crippen LogP contribution in [0.25, 0.3) is 61.7 Å². The summed E-state index contributed by atoms with van der Waals surface area (Å²) >= 11 is 3.70. The van der Waals surface area contributed by atoms with Crippen LogP contribution in [0.3, 0.4) is 0 Å². The first kappa shape index (κ1) is 27.9. The highest BCUT2D eigenvalue weighted by molar-refractivity contribution is 8.05.